The van der Waals surface area contributed by atoms with Crippen LogP contribution < -0.4 is 10.6 Å². The van der Waals surface area contributed by atoms with Gasteiger partial charge in [0.25, 0.3) is 0 Å². The standard InChI is InChI=1S/C14H16F2N4O/c1-21-9-3-7-17-12-6-8-18-14(19-12)20-13-10(15)4-2-5-11(13)16/h2,4-6,8H,3,7,9H2,1H3,(H2,17,18,19,20). The van der Waals surface area contributed by atoms with Crippen LogP contribution in [0.25, 0.3) is 0 Å². The van der Waals surface area contributed by atoms with Gasteiger partial charge in [-0.15, -0.1) is 0 Å². The molecule has 0 bridgehead atoms. The average Bonchev–Trinajstić information content (AvgIpc) is 2.48. The van der Waals surface area contributed by atoms with Gasteiger partial charge in [0.15, 0.2) is 0 Å². The summed E-state index contributed by atoms with van der Waals surface area (Å²) in [5.41, 5.74) is -0.269. The van der Waals surface area contributed by atoms with Crippen molar-refractivity contribution in [3.05, 3.63) is 42.1 Å². The number of nitrogens with zero attached hydrogens (tertiary/aromatic N) is 2. The zero-order chi connectivity index (χ0) is 15.1. The monoisotopic (exact) mass is 294 g/mol. The van der Waals surface area contributed by atoms with E-state index in [2.05, 4.69) is 20.6 Å². The summed E-state index contributed by atoms with van der Waals surface area (Å²) in [6, 6.07) is 5.30. The van der Waals surface area contributed by atoms with E-state index in [1.165, 1.54) is 12.3 Å². The van der Waals surface area contributed by atoms with Crippen LogP contribution >= 0.6 is 0 Å². The van der Waals surface area contributed by atoms with Crippen molar-refractivity contribution in [3.63, 3.8) is 0 Å². The van der Waals surface area contributed by atoms with Crippen molar-refractivity contribution in [1.29, 1.82) is 0 Å². The second-order valence-electron chi connectivity index (χ2n) is 4.26. The minimum absolute atomic E-state index is 0.121. The number of rotatable bonds is 7. The Balaban J connectivity index is 2.04. The maximum Gasteiger partial charge on any atom is 0.229 e. The molecule has 0 aliphatic heterocycles. The van der Waals surface area contributed by atoms with Gasteiger partial charge in [0.05, 0.1) is 0 Å². The number of halogens is 2. The minimum atomic E-state index is -0.697. The largest absolute Gasteiger partial charge is 0.385 e. The summed E-state index contributed by atoms with van der Waals surface area (Å²) in [4.78, 5) is 8.08. The first-order valence-electron chi connectivity index (χ1n) is 6.47. The number of methoxy groups -OCH3 is 1. The van der Waals surface area contributed by atoms with Gasteiger partial charge in [0.1, 0.15) is 23.1 Å². The third kappa shape index (κ3) is 4.35. The Morgan fingerprint density at radius 3 is 2.67 bits per heavy atom. The van der Waals surface area contributed by atoms with Gasteiger partial charge in [-0.25, -0.2) is 13.8 Å². The summed E-state index contributed by atoms with van der Waals surface area (Å²) >= 11 is 0. The Morgan fingerprint density at radius 1 is 1.19 bits per heavy atom. The van der Waals surface area contributed by atoms with Crippen LogP contribution in [0.3, 0.4) is 0 Å². The van der Waals surface area contributed by atoms with Crippen LogP contribution in [0.5, 0.6) is 0 Å². The van der Waals surface area contributed by atoms with Crippen molar-refractivity contribution in [1.82, 2.24) is 9.97 Å². The molecular weight excluding hydrogens is 278 g/mol. The number of nitrogens with one attached hydrogen (secondary N) is 2. The van der Waals surface area contributed by atoms with Crippen LogP contribution in [-0.2, 0) is 4.74 Å². The van der Waals surface area contributed by atoms with Crippen molar-refractivity contribution in [2.45, 2.75) is 6.42 Å². The van der Waals surface area contributed by atoms with E-state index in [9.17, 15) is 8.78 Å². The number of para-hydroxylation sites is 1. The van der Waals surface area contributed by atoms with Crippen LogP contribution in [0, 0.1) is 11.6 Å². The predicted molar refractivity (Wildman–Crippen MR) is 76.7 cm³/mol. The first-order valence-corrected chi connectivity index (χ1v) is 6.47. The van der Waals surface area contributed by atoms with Crippen molar-refractivity contribution in [3.8, 4) is 0 Å². The Kier molecular flexibility index (Phi) is 5.39. The summed E-state index contributed by atoms with van der Waals surface area (Å²) in [7, 11) is 1.63. The minimum Gasteiger partial charge on any atom is -0.385 e. The number of benzene rings is 1. The zero-order valence-corrected chi connectivity index (χ0v) is 11.6. The fourth-order valence-electron chi connectivity index (χ4n) is 1.68. The van der Waals surface area contributed by atoms with Crippen molar-refractivity contribution < 1.29 is 13.5 Å². The lowest BCUT2D eigenvalue weighted by Crippen LogP contribution is -2.08. The molecule has 0 saturated heterocycles. The molecular formula is C14H16F2N4O. The quantitative estimate of drug-likeness (QED) is 0.769. The van der Waals surface area contributed by atoms with Crippen LogP contribution in [0.1, 0.15) is 6.42 Å². The molecule has 1 aromatic heterocycles. The van der Waals surface area contributed by atoms with Gasteiger partial charge in [0, 0.05) is 26.5 Å². The molecule has 0 unspecified atom stereocenters. The molecule has 2 N–H and O–H groups in total. The van der Waals surface area contributed by atoms with Crippen molar-refractivity contribution >= 4 is 17.5 Å². The van der Waals surface area contributed by atoms with Crippen LogP contribution in [0.15, 0.2) is 30.5 Å². The van der Waals surface area contributed by atoms with E-state index in [1.54, 1.807) is 13.2 Å². The van der Waals surface area contributed by atoms with E-state index >= 15 is 0 Å². The predicted octanol–water partition coefficient (Wildman–Crippen LogP) is 2.95. The van der Waals surface area contributed by atoms with Gasteiger partial charge < -0.3 is 15.4 Å². The molecule has 0 amide bonds. The molecule has 0 aliphatic carbocycles. The van der Waals surface area contributed by atoms with Crippen molar-refractivity contribution in [2.75, 3.05) is 30.9 Å². The third-order valence-electron chi connectivity index (χ3n) is 2.69. The Bertz CT molecular complexity index is 575. The Morgan fingerprint density at radius 2 is 1.95 bits per heavy atom. The van der Waals surface area contributed by atoms with Crippen LogP contribution in [-0.4, -0.2) is 30.2 Å². The van der Waals surface area contributed by atoms with Crippen LogP contribution in [0.2, 0.25) is 0 Å². The van der Waals surface area contributed by atoms with Gasteiger partial charge in [-0.3, -0.25) is 0 Å². The SMILES string of the molecule is COCCCNc1ccnc(Nc2c(F)cccc2F)n1. The number of aromatic nitrogens is 2. The first-order chi connectivity index (χ1) is 10.2. The van der Waals surface area contributed by atoms with E-state index in [0.29, 0.717) is 19.0 Å². The number of anilines is 3. The van der Waals surface area contributed by atoms with Gasteiger partial charge >= 0.3 is 0 Å². The molecule has 0 saturated carbocycles. The van der Waals surface area contributed by atoms with Gasteiger partial charge in [-0.05, 0) is 24.6 Å². The molecule has 0 radical (unpaired) electrons. The normalized spacial score (nSPS) is 10.4. The second-order valence-corrected chi connectivity index (χ2v) is 4.26. The summed E-state index contributed by atoms with van der Waals surface area (Å²) in [6.07, 6.45) is 2.33. The molecule has 7 heteroatoms. The Hall–Kier alpha value is -2.28. The maximum atomic E-state index is 13.5. The zero-order valence-electron chi connectivity index (χ0n) is 11.6. The summed E-state index contributed by atoms with van der Waals surface area (Å²) in [6.45, 7) is 1.32. The highest BCUT2D eigenvalue weighted by Gasteiger charge is 2.09. The second kappa shape index (κ2) is 7.49. The molecule has 5 nitrogen and oxygen atoms in total. The third-order valence-corrected chi connectivity index (χ3v) is 2.69. The molecule has 21 heavy (non-hydrogen) atoms. The van der Waals surface area contributed by atoms with Gasteiger partial charge in [0.2, 0.25) is 5.95 Å². The highest BCUT2D eigenvalue weighted by molar-refractivity contribution is 5.56. The van der Waals surface area contributed by atoms with E-state index < -0.39 is 11.6 Å². The molecule has 0 atom stereocenters. The summed E-state index contributed by atoms with van der Waals surface area (Å²) in [5, 5.41) is 5.62. The molecule has 2 aromatic rings. The molecule has 112 valence electrons. The molecule has 0 aliphatic rings. The Labute approximate surface area is 121 Å². The fraction of sp³-hybridized carbons (Fsp3) is 0.286. The molecule has 1 heterocycles. The van der Waals surface area contributed by atoms with Crippen molar-refractivity contribution in [2.24, 2.45) is 0 Å². The topological polar surface area (TPSA) is 59.1 Å². The fourth-order valence-corrected chi connectivity index (χ4v) is 1.68. The van der Waals surface area contributed by atoms with Gasteiger partial charge in [-0.2, -0.15) is 4.98 Å². The van der Waals surface area contributed by atoms with Crippen LogP contribution in [0.4, 0.5) is 26.2 Å². The summed E-state index contributed by atoms with van der Waals surface area (Å²) < 4.78 is 32.0. The number of hydrogen-bond acceptors (Lipinski definition) is 5. The van der Waals surface area contributed by atoms with E-state index in [1.807, 2.05) is 0 Å². The maximum absolute atomic E-state index is 13.5. The smallest absolute Gasteiger partial charge is 0.229 e. The van der Waals surface area contributed by atoms with E-state index in [-0.39, 0.29) is 11.6 Å². The number of ether oxygens (including phenoxy) is 1. The molecule has 2 rings (SSSR count). The van der Waals surface area contributed by atoms with Gasteiger partial charge in [-0.1, -0.05) is 6.07 Å². The molecule has 0 fully saturated rings. The molecule has 1 aromatic carbocycles. The van der Waals surface area contributed by atoms with E-state index in [4.69, 9.17) is 4.74 Å². The highest BCUT2D eigenvalue weighted by Crippen LogP contribution is 2.21. The average molecular weight is 294 g/mol. The lowest BCUT2D eigenvalue weighted by molar-refractivity contribution is 0.198. The summed E-state index contributed by atoms with van der Waals surface area (Å²) in [5.74, 6) is -0.704. The first kappa shape index (κ1) is 15.1. The number of hydrogen-bond donors (Lipinski definition) is 2. The highest BCUT2D eigenvalue weighted by atomic mass is 19.1. The lowest BCUT2D eigenvalue weighted by atomic mass is 10.3. The molecule has 0 spiro atoms. The lowest BCUT2D eigenvalue weighted by Gasteiger charge is -2.09. The van der Waals surface area contributed by atoms with E-state index in [0.717, 1.165) is 18.6 Å².